The number of pyridine rings is 1. The largest absolute Gasteiger partial charge is 0.493 e. The number of carbonyl (C=O) groups is 1. The van der Waals surface area contributed by atoms with Crippen LogP contribution in [0.5, 0.6) is 5.75 Å². The quantitative estimate of drug-likeness (QED) is 0.587. The van der Waals surface area contributed by atoms with Gasteiger partial charge in [0.15, 0.2) is 5.75 Å². The first-order valence-corrected chi connectivity index (χ1v) is 9.63. The van der Waals surface area contributed by atoms with E-state index in [2.05, 4.69) is 30.7 Å². The van der Waals surface area contributed by atoms with E-state index in [0.717, 1.165) is 19.8 Å². The summed E-state index contributed by atoms with van der Waals surface area (Å²) in [6.07, 6.45) is 6.90. The van der Waals surface area contributed by atoms with Crippen LogP contribution in [-0.2, 0) is 10.7 Å². The minimum atomic E-state index is -3.25. The maximum absolute atomic E-state index is 14.1. The van der Waals surface area contributed by atoms with E-state index in [0.29, 0.717) is 28.7 Å². The number of halogens is 2. The van der Waals surface area contributed by atoms with Gasteiger partial charge in [-0.15, -0.1) is 0 Å². The first-order valence-electron chi connectivity index (χ1n) is 9.63. The van der Waals surface area contributed by atoms with Gasteiger partial charge in [-0.25, -0.2) is 15.0 Å². The highest BCUT2D eigenvalue weighted by Crippen LogP contribution is 2.36. The normalized spacial score (nSPS) is 13.7. The van der Waals surface area contributed by atoms with Gasteiger partial charge in [-0.3, -0.25) is 9.48 Å². The van der Waals surface area contributed by atoms with Crippen molar-refractivity contribution in [1.29, 1.82) is 0 Å². The lowest BCUT2D eigenvalue weighted by Crippen LogP contribution is -2.14. The molecule has 0 aromatic carbocycles. The number of carbonyl (C=O) groups excluding carboxylic acids is 1. The number of hydrogen-bond acceptors (Lipinski definition) is 7. The van der Waals surface area contributed by atoms with Crippen molar-refractivity contribution in [2.24, 2.45) is 0 Å². The van der Waals surface area contributed by atoms with Gasteiger partial charge in [-0.1, -0.05) is 0 Å². The molecule has 11 heteroatoms. The van der Waals surface area contributed by atoms with E-state index in [-0.39, 0.29) is 17.5 Å². The minimum Gasteiger partial charge on any atom is -0.493 e. The van der Waals surface area contributed by atoms with Crippen LogP contribution in [0.25, 0.3) is 11.3 Å². The van der Waals surface area contributed by atoms with E-state index in [1.165, 1.54) is 26.3 Å². The highest BCUT2D eigenvalue weighted by molar-refractivity contribution is 5.88. The lowest BCUT2D eigenvalue weighted by Gasteiger charge is -2.15. The average Bonchev–Trinajstić information content (AvgIpc) is 3.43. The molecule has 162 valence electrons. The number of nitrogens with zero attached hydrogens (tertiary/aromatic N) is 5. The molecular formula is C20H21F2N7O2. The fraction of sp³-hybridized carbons (Fsp3) is 0.350. The van der Waals surface area contributed by atoms with E-state index in [9.17, 15) is 13.6 Å². The van der Waals surface area contributed by atoms with Crippen molar-refractivity contribution >= 4 is 23.2 Å². The number of alkyl halides is 2. The van der Waals surface area contributed by atoms with Crippen LogP contribution in [0.2, 0.25) is 0 Å². The molecule has 9 nitrogen and oxygen atoms in total. The highest BCUT2D eigenvalue weighted by Gasteiger charge is 2.30. The molecule has 0 saturated heterocycles. The number of hydrogen-bond donors (Lipinski definition) is 2. The Labute approximate surface area is 176 Å². The van der Waals surface area contributed by atoms with Crippen LogP contribution in [0.3, 0.4) is 0 Å². The second-order valence-corrected chi connectivity index (χ2v) is 7.37. The topological polar surface area (TPSA) is 107 Å². The molecule has 0 spiro atoms. The fourth-order valence-corrected chi connectivity index (χ4v) is 2.95. The van der Waals surface area contributed by atoms with Crippen molar-refractivity contribution in [3.8, 4) is 17.0 Å². The van der Waals surface area contributed by atoms with Gasteiger partial charge in [-0.2, -0.15) is 13.9 Å². The molecule has 3 aromatic heterocycles. The molecule has 0 atom stereocenters. The second-order valence-electron chi connectivity index (χ2n) is 7.37. The molecule has 3 heterocycles. The van der Waals surface area contributed by atoms with Crippen molar-refractivity contribution < 1.29 is 18.3 Å². The Kier molecular flexibility index (Phi) is 5.25. The van der Waals surface area contributed by atoms with E-state index in [1.807, 2.05) is 4.68 Å². The first-order chi connectivity index (χ1) is 14.7. The first kappa shape index (κ1) is 20.6. The van der Waals surface area contributed by atoms with E-state index >= 15 is 0 Å². The zero-order valence-corrected chi connectivity index (χ0v) is 17.2. The summed E-state index contributed by atoms with van der Waals surface area (Å²) in [5, 5.41) is 9.85. The van der Waals surface area contributed by atoms with Gasteiger partial charge in [0.05, 0.1) is 36.9 Å². The summed E-state index contributed by atoms with van der Waals surface area (Å²) in [5.41, 5.74) is 1.32. The maximum atomic E-state index is 14.1. The zero-order chi connectivity index (χ0) is 22.2. The van der Waals surface area contributed by atoms with Gasteiger partial charge >= 0.3 is 5.92 Å². The molecule has 0 unspecified atom stereocenters. The summed E-state index contributed by atoms with van der Waals surface area (Å²) in [6.45, 7) is 2.10. The summed E-state index contributed by atoms with van der Waals surface area (Å²) in [7, 11) is 1.45. The number of methoxy groups -OCH3 is 1. The Morgan fingerprint density at radius 2 is 2.00 bits per heavy atom. The minimum absolute atomic E-state index is 0.138. The molecular weight excluding hydrogens is 408 g/mol. The highest BCUT2D eigenvalue weighted by atomic mass is 19.3. The Morgan fingerprint density at radius 1 is 1.23 bits per heavy atom. The summed E-state index contributed by atoms with van der Waals surface area (Å²) in [5.74, 6) is -3.41. The third kappa shape index (κ3) is 4.76. The maximum Gasteiger partial charge on any atom is 0.303 e. The lowest BCUT2D eigenvalue weighted by atomic mass is 10.2. The van der Waals surface area contributed by atoms with E-state index < -0.39 is 11.7 Å². The van der Waals surface area contributed by atoms with Crippen LogP contribution < -0.4 is 15.4 Å². The SMILES string of the molecule is COc1cnc(NC(C)=O)cc1Nc1cc(-c2cnn(C3CC3)c2)nc(C(C)(F)F)n1. The Bertz CT molecular complexity index is 1120. The van der Waals surface area contributed by atoms with E-state index in [1.54, 1.807) is 18.5 Å². The molecule has 1 aliphatic rings. The van der Waals surface area contributed by atoms with Gasteiger partial charge in [-0.05, 0) is 12.8 Å². The molecule has 1 aliphatic carbocycles. The number of amides is 1. The summed E-state index contributed by atoms with van der Waals surface area (Å²) >= 11 is 0. The van der Waals surface area contributed by atoms with Crippen LogP contribution in [-0.4, -0.2) is 37.7 Å². The fourth-order valence-electron chi connectivity index (χ4n) is 2.95. The van der Waals surface area contributed by atoms with Crippen molar-refractivity contribution in [3.63, 3.8) is 0 Å². The van der Waals surface area contributed by atoms with Gasteiger partial charge < -0.3 is 15.4 Å². The Hall–Kier alpha value is -3.63. The molecule has 0 bridgehead atoms. The van der Waals surface area contributed by atoms with Crippen molar-refractivity contribution in [2.75, 3.05) is 17.7 Å². The summed E-state index contributed by atoms with van der Waals surface area (Å²) in [6, 6.07) is 3.44. The Morgan fingerprint density at radius 3 is 2.65 bits per heavy atom. The van der Waals surface area contributed by atoms with Gasteiger partial charge in [0.1, 0.15) is 11.6 Å². The predicted octanol–water partition coefficient (Wildman–Crippen LogP) is 3.89. The zero-order valence-electron chi connectivity index (χ0n) is 17.2. The van der Waals surface area contributed by atoms with Crippen LogP contribution in [0.1, 0.15) is 38.6 Å². The molecule has 3 aromatic rings. The summed E-state index contributed by atoms with van der Waals surface area (Å²) in [4.78, 5) is 23.4. The molecule has 0 radical (unpaired) electrons. The molecule has 1 fully saturated rings. The number of ether oxygens (including phenoxy) is 1. The molecule has 1 saturated carbocycles. The van der Waals surface area contributed by atoms with Crippen LogP contribution >= 0.6 is 0 Å². The van der Waals surface area contributed by atoms with Crippen LogP contribution in [0, 0.1) is 0 Å². The average molecular weight is 429 g/mol. The molecule has 2 N–H and O–H groups in total. The van der Waals surface area contributed by atoms with Crippen molar-refractivity contribution in [1.82, 2.24) is 24.7 Å². The standard InChI is InChI=1S/C20H21F2N7O2/c1-11(30)25-17-7-15(16(31-3)9-23-17)26-18-6-14(27-19(28-18)20(2,21)22)12-8-24-29(10-12)13-4-5-13/h6-10,13H,4-5H2,1-3H3,(H2,23,25,26,27,28,30). The lowest BCUT2D eigenvalue weighted by molar-refractivity contribution is -0.114. The molecule has 1 amide bonds. The van der Waals surface area contributed by atoms with Crippen LogP contribution in [0.15, 0.2) is 30.7 Å². The Balaban J connectivity index is 1.73. The third-order valence-corrected chi connectivity index (χ3v) is 4.59. The van der Waals surface area contributed by atoms with Gasteiger partial charge in [0.2, 0.25) is 11.7 Å². The smallest absolute Gasteiger partial charge is 0.303 e. The van der Waals surface area contributed by atoms with Crippen molar-refractivity contribution in [3.05, 3.63) is 36.5 Å². The second kappa shape index (κ2) is 7.89. The number of anilines is 3. The summed E-state index contributed by atoms with van der Waals surface area (Å²) < 4.78 is 35.3. The van der Waals surface area contributed by atoms with E-state index in [4.69, 9.17) is 4.74 Å². The number of aromatic nitrogens is 5. The van der Waals surface area contributed by atoms with Gasteiger partial charge in [0.25, 0.3) is 0 Å². The number of rotatable bonds is 7. The monoisotopic (exact) mass is 429 g/mol. The molecule has 0 aliphatic heterocycles. The van der Waals surface area contributed by atoms with Crippen molar-refractivity contribution in [2.45, 2.75) is 38.7 Å². The predicted molar refractivity (Wildman–Crippen MR) is 109 cm³/mol. The molecule has 31 heavy (non-hydrogen) atoms. The van der Waals surface area contributed by atoms with Crippen LogP contribution in [0.4, 0.5) is 26.1 Å². The third-order valence-electron chi connectivity index (χ3n) is 4.59. The number of nitrogens with one attached hydrogen (secondary N) is 2. The van der Waals surface area contributed by atoms with Gasteiger partial charge in [0, 0.05) is 37.7 Å². The molecule has 4 rings (SSSR count).